The van der Waals surface area contributed by atoms with Crippen LogP contribution in [0.3, 0.4) is 0 Å². The number of likely N-dealkylation sites (tertiary alicyclic amines) is 1. The number of fused-ring (bicyclic) bond motifs is 3. The predicted molar refractivity (Wildman–Crippen MR) is 263 cm³/mol. The summed E-state index contributed by atoms with van der Waals surface area (Å²) in [5.41, 5.74) is 7.80. The molecular weight excluding hydrogens is 926 g/mol. The van der Waals surface area contributed by atoms with Crippen LogP contribution in [0.15, 0.2) is 65.4 Å². The molecule has 0 radical (unpaired) electrons. The number of carbonyl (C=O) groups is 4. The van der Waals surface area contributed by atoms with Gasteiger partial charge < -0.3 is 35.4 Å². The number of nitrogens with zero attached hydrogens (tertiary/aromatic N) is 6. The quantitative estimate of drug-likeness (QED) is 0.0653. The fourth-order valence-corrected chi connectivity index (χ4v) is 10.4. The van der Waals surface area contributed by atoms with Crippen LogP contribution in [0.2, 0.25) is 5.02 Å². The van der Waals surface area contributed by atoms with Gasteiger partial charge >= 0.3 is 0 Å². The molecule has 3 aromatic heterocycles. The molecule has 2 aliphatic rings. The Morgan fingerprint density at radius 1 is 0.941 bits per heavy atom. The summed E-state index contributed by atoms with van der Waals surface area (Å²) < 4.78 is 13.4. The number of carbonyl (C=O) groups excluding carboxylic acids is 4. The Morgan fingerprint density at radius 2 is 1.65 bits per heavy atom. The second-order valence-electron chi connectivity index (χ2n) is 18.3. The number of aliphatic imine (C=N–C) groups is 1. The fourth-order valence-electron chi connectivity index (χ4n) is 8.32. The Hall–Kier alpha value is -5.37. The molecule has 2 aliphatic heterocycles. The molecule has 362 valence electrons. The van der Waals surface area contributed by atoms with Crippen molar-refractivity contribution in [1.29, 1.82) is 0 Å². The van der Waals surface area contributed by atoms with Crippen molar-refractivity contribution in [2.45, 2.75) is 104 Å². The molecule has 16 nitrogen and oxygen atoms in total. The van der Waals surface area contributed by atoms with Gasteiger partial charge in [-0.1, -0.05) is 68.8 Å². The molecule has 68 heavy (non-hydrogen) atoms. The summed E-state index contributed by atoms with van der Waals surface area (Å²) in [7, 11) is 0. The van der Waals surface area contributed by atoms with Gasteiger partial charge in [-0.25, -0.2) is 4.98 Å². The van der Waals surface area contributed by atoms with E-state index in [0.29, 0.717) is 43.6 Å². The lowest BCUT2D eigenvalue weighted by Crippen LogP contribution is -2.58. The van der Waals surface area contributed by atoms with Crippen LogP contribution in [0.1, 0.15) is 104 Å². The summed E-state index contributed by atoms with van der Waals surface area (Å²) in [4.78, 5) is 67.2. The Labute approximate surface area is 409 Å². The van der Waals surface area contributed by atoms with E-state index in [4.69, 9.17) is 26.1 Å². The van der Waals surface area contributed by atoms with Crippen molar-refractivity contribution in [1.82, 2.24) is 40.6 Å². The zero-order valence-corrected chi connectivity index (χ0v) is 41.9. The Balaban J connectivity index is 0.814. The molecule has 0 bridgehead atoms. The van der Waals surface area contributed by atoms with Crippen LogP contribution in [-0.4, -0.2) is 117 Å². The van der Waals surface area contributed by atoms with Crippen molar-refractivity contribution in [3.63, 3.8) is 0 Å². The van der Waals surface area contributed by atoms with Crippen LogP contribution in [0.25, 0.3) is 15.4 Å². The van der Waals surface area contributed by atoms with Crippen LogP contribution in [0.4, 0.5) is 0 Å². The Bertz CT molecular complexity index is 2600. The summed E-state index contributed by atoms with van der Waals surface area (Å²) in [6.45, 7) is 15.0. The second kappa shape index (κ2) is 22.4. The van der Waals surface area contributed by atoms with Gasteiger partial charge in [0.25, 0.3) is 0 Å². The van der Waals surface area contributed by atoms with Gasteiger partial charge in [0.05, 0.1) is 53.6 Å². The van der Waals surface area contributed by atoms with Gasteiger partial charge in [0.2, 0.25) is 23.6 Å². The monoisotopic (exact) mass is 985 g/mol. The minimum absolute atomic E-state index is 0.0163. The number of aliphatic hydroxyl groups is 1. The molecule has 7 rings (SSSR count). The van der Waals surface area contributed by atoms with E-state index in [1.807, 2.05) is 93.2 Å². The average Bonchev–Trinajstić information content (AvgIpc) is 4.10. The number of amides is 4. The number of β-amino-alcohol motifs (C(OH)–C–C–N with tert-alkyl or cyclic N) is 1. The summed E-state index contributed by atoms with van der Waals surface area (Å²) in [6, 6.07) is 12.7. The van der Waals surface area contributed by atoms with E-state index >= 15 is 0 Å². The van der Waals surface area contributed by atoms with Gasteiger partial charge in [-0.05, 0) is 68.4 Å². The lowest BCUT2D eigenvalue weighted by molar-refractivity contribution is -0.144. The lowest BCUT2D eigenvalue weighted by Gasteiger charge is -2.35. The smallest absolute Gasteiger partial charge is 0.246 e. The minimum Gasteiger partial charge on any atom is -0.391 e. The third kappa shape index (κ3) is 12.1. The van der Waals surface area contributed by atoms with Crippen LogP contribution < -0.4 is 16.0 Å². The molecular formula is C49H60ClN9O7S2. The zero-order chi connectivity index (χ0) is 48.7. The summed E-state index contributed by atoms with van der Waals surface area (Å²) >= 11 is 9.43. The number of aliphatic hydroxyl groups excluding tert-OH is 1. The van der Waals surface area contributed by atoms with E-state index in [1.54, 1.807) is 29.0 Å². The van der Waals surface area contributed by atoms with E-state index in [-0.39, 0.29) is 56.2 Å². The highest BCUT2D eigenvalue weighted by Crippen LogP contribution is 2.39. The molecule has 5 heterocycles. The first-order chi connectivity index (χ1) is 32.5. The van der Waals surface area contributed by atoms with Gasteiger partial charge in [-0.3, -0.25) is 28.7 Å². The van der Waals surface area contributed by atoms with Gasteiger partial charge in [0.15, 0.2) is 5.82 Å². The van der Waals surface area contributed by atoms with E-state index < -0.39 is 35.6 Å². The zero-order valence-electron chi connectivity index (χ0n) is 39.5. The van der Waals surface area contributed by atoms with E-state index in [0.717, 1.165) is 54.0 Å². The molecule has 19 heteroatoms. The summed E-state index contributed by atoms with van der Waals surface area (Å²) in [5, 5.41) is 29.6. The number of rotatable bonds is 19. The molecule has 5 atom stereocenters. The largest absolute Gasteiger partial charge is 0.391 e. The van der Waals surface area contributed by atoms with Gasteiger partial charge in [-0.2, -0.15) is 0 Å². The molecule has 0 spiro atoms. The molecule has 4 amide bonds. The average molecular weight is 987 g/mol. The number of hydrogen-bond donors (Lipinski definition) is 4. The Morgan fingerprint density at radius 3 is 2.34 bits per heavy atom. The predicted octanol–water partition coefficient (Wildman–Crippen LogP) is 6.61. The van der Waals surface area contributed by atoms with Crippen molar-refractivity contribution in [3.05, 3.63) is 104 Å². The normalized spacial score (nSPS) is 17.7. The molecule has 4 N–H and O–H groups in total. The minimum atomic E-state index is -0.945. The van der Waals surface area contributed by atoms with Crippen LogP contribution >= 0.6 is 34.3 Å². The van der Waals surface area contributed by atoms with Crippen LogP contribution in [-0.2, 0) is 28.7 Å². The Kier molecular flexibility index (Phi) is 16.6. The molecule has 0 saturated carbocycles. The summed E-state index contributed by atoms with van der Waals surface area (Å²) in [5.74, 6) is -0.772. The number of thiophene rings is 1. The van der Waals surface area contributed by atoms with Gasteiger partial charge in [-0.15, -0.1) is 32.9 Å². The number of aryl methyl sites for hydroxylation is 2. The van der Waals surface area contributed by atoms with E-state index in [9.17, 15) is 24.3 Å². The summed E-state index contributed by atoms with van der Waals surface area (Å²) in [6.07, 6.45) is 1.54. The second-order valence-corrected chi connectivity index (χ2v) is 20.8. The number of aromatic nitrogens is 4. The molecule has 0 unspecified atom stereocenters. The topological polar surface area (TPSA) is 202 Å². The van der Waals surface area contributed by atoms with Crippen molar-refractivity contribution in [2.75, 3.05) is 39.5 Å². The van der Waals surface area contributed by atoms with Gasteiger partial charge in [0, 0.05) is 60.2 Å². The number of nitrogens with one attached hydrogen (secondary N) is 3. The van der Waals surface area contributed by atoms with Crippen molar-refractivity contribution in [2.24, 2.45) is 10.4 Å². The van der Waals surface area contributed by atoms with E-state index in [2.05, 4.69) is 45.0 Å². The molecule has 1 saturated heterocycles. The highest BCUT2D eigenvalue weighted by molar-refractivity contribution is 7.15. The number of thiazole rings is 1. The molecule has 0 aliphatic carbocycles. The fraction of sp³-hybridized carbons (Fsp3) is 0.469. The first kappa shape index (κ1) is 50.5. The maximum Gasteiger partial charge on any atom is 0.246 e. The highest BCUT2D eigenvalue weighted by atomic mass is 35.5. The van der Waals surface area contributed by atoms with Crippen molar-refractivity contribution >= 4 is 63.6 Å². The first-order valence-electron chi connectivity index (χ1n) is 22.8. The number of ether oxygens (including phenoxy) is 2. The van der Waals surface area contributed by atoms with Crippen molar-refractivity contribution in [3.8, 4) is 15.4 Å². The number of hydrogen-bond acceptors (Lipinski definition) is 13. The SMILES string of the molecule is Cc1ncsc1-c1ccc([C@H](C)NC(=O)[C@@H]2C[C@@H](O)CN2C(=O)[C@@H](NC(=O)CCOCCCOCCNC(=O)C[C@@H]2N=C(c3ccc(Cl)cc3)c3c(sc(C)c3C)-n3cnnc32)C(C)(C)C)cc1. The number of halogens is 1. The maximum atomic E-state index is 14.1. The molecule has 5 aromatic rings. The van der Waals surface area contributed by atoms with Crippen LogP contribution in [0, 0.1) is 26.2 Å². The highest BCUT2D eigenvalue weighted by Gasteiger charge is 2.45. The first-order valence-corrected chi connectivity index (χ1v) is 24.9. The third-order valence-corrected chi connectivity index (χ3v) is 14.6. The van der Waals surface area contributed by atoms with Crippen LogP contribution in [0.5, 0.6) is 0 Å². The van der Waals surface area contributed by atoms with E-state index in [1.165, 1.54) is 4.90 Å². The third-order valence-electron chi connectivity index (χ3n) is 12.2. The maximum absolute atomic E-state index is 14.1. The van der Waals surface area contributed by atoms with Gasteiger partial charge in [0.1, 0.15) is 29.5 Å². The standard InChI is InChI=1S/C49H60ClN9O7S2/c1-28-31(4)68-48-41(28)42(33-13-15-35(50)16-14-33)55-37(45-57-53-26-59(45)48)24-40(62)51-18-22-66-20-8-19-65-21-17-39(61)56-44(49(5,6)7)47(64)58-25-36(60)23-38(58)46(63)54-29(2)32-9-11-34(12-10-32)43-30(3)52-27-67-43/h9-16,26-27,29,36-38,44,60H,8,17-25H2,1-7H3,(H,51,62)(H,54,63)(H,56,61)/t29-,36+,37-,38-,44+/m0/s1. The van der Waals surface area contributed by atoms with Crippen molar-refractivity contribution < 1.29 is 33.8 Å². The number of benzene rings is 2. The molecule has 2 aromatic carbocycles. The molecule has 1 fully saturated rings. The lowest BCUT2D eigenvalue weighted by atomic mass is 9.85.